The largest absolute Gasteiger partial charge is 0.355 e. The molecule has 1 saturated carbocycles. The van der Waals surface area contributed by atoms with E-state index in [1.54, 1.807) is 46.1 Å². The topological polar surface area (TPSA) is 130 Å². The van der Waals surface area contributed by atoms with Gasteiger partial charge in [0, 0.05) is 55.4 Å². The summed E-state index contributed by atoms with van der Waals surface area (Å²) in [5, 5.41) is 22.2. The molecule has 11 nitrogen and oxygen atoms in total. The van der Waals surface area contributed by atoms with E-state index in [0.717, 1.165) is 48.6 Å². The highest BCUT2D eigenvalue weighted by molar-refractivity contribution is 6.33. The number of rotatable bonds is 5. The van der Waals surface area contributed by atoms with Gasteiger partial charge in [-0.1, -0.05) is 11.6 Å². The number of nitrogens with zero attached hydrogens (tertiary/aromatic N) is 9. The monoisotopic (exact) mass is 578 g/mol. The van der Waals surface area contributed by atoms with Gasteiger partial charge in [-0.3, -0.25) is 14.5 Å². The highest BCUT2D eigenvalue weighted by atomic mass is 35.5. The third-order valence-corrected chi connectivity index (χ3v) is 8.68. The molecule has 7 rings (SSSR count). The van der Waals surface area contributed by atoms with Crippen molar-refractivity contribution in [1.29, 1.82) is 5.26 Å². The summed E-state index contributed by atoms with van der Waals surface area (Å²) in [5.74, 6) is 1.43. The Kier molecular flexibility index (Phi) is 6.17. The first-order chi connectivity index (χ1) is 20.3. The number of carbonyl (C=O) groups is 1. The Labute approximate surface area is 246 Å². The Morgan fingerprint density at radius 1 is 1.12 bits per heavy atom. The van der Waals surface area contributed by atoms with Crippen molar-refractivity contribution in [1.82, 2.24) is 39.7 Å². The summed E-state index contributed by atoms with van der Waals surface area (Å²) in [7, 11) is 1.87. The lowest BCUT2D eigenvalue weighted by atomic mass is 9.97. The number of hydrogen-bond donors (Lipinski definition) is 1. The van der Waals surface area contributed by atoms with Crippen molar-refractivity contribution in [3.05, 3.63) is 77.7 Å². The summed E-state index contributed by atoms with van der Waals surface area (Å²) in [6, 6.07) is 9.55. The molecule has 210 valence electrons. The number of anilines is 1. The molecule has 5 aromatic heterocycles. The van der Waals surface area contributed by atoms with Gasteiger partial charge in [-0.05, 0) is 55.9 Å². The molecule has 0 spiro atoms. The molecule has 1 aliphatic heterocycles. The van der Waals surface area contributed by atoms with Crippen molar-refractivity contribution in [2.75, 3.05) is 18.0 Å². The van der Waals surface area contributed by atoms with E-state index in [1.165, 1.54) is 0 Å². The molecule has 42 heavy (non-hydrogen) atoms. The average molecular weight is 579 g/mol. The molecule has 2 aliphatic rings. The van der Waals surface area contributed by atoms with E-state index in [4.69, 9.17) is 21.6 Å². The second-order valence-corrected chi connectivity index (χ2v) is 11.8. The fourth-order valence-corrected chi connectivity index (χ4v) is 6.76. The first kappa shape index (κ1) is 26.1. The van der Waals surface area contributed by atoms with Crippen molar-refractivity contribution in [3.63, 3.8) is 0 Å². The zero-order valence-corrected chi connectivity index (χ0v) is 23.8. The van der Waals surface area contributed by atoms with Crippen LogP contribution in [0.1, 0.15) is 35.8 Å². The van der Waals surface area contributed by atoms with Gasteiger partial charge in [-0.25, -0.2) is 14.5 Å². The van der Waals surface area contributed by atoms with Crippen molar-refractivity contribution in [2.24, 2.45) is 18.9 Å². The quantitative estimate of drug-likeness (QED) is 0.329. The minimum Gasteiger partial charge on any atom is -0.355 e. The maximum Gasteiger partial charge on any atom is 0.271 e. The van der Waals surface area contributed by atoms with Gasteiger partial charge in [0.15, 0.2) is 0 Å². The number of aromatic nitrogens is 7. The number of carbonyl (C=O) groups excluding carboxylic acids is 1. The van der Waals surface area contributed by atoms with Crippen LogP contribution in [0.25, 0.3) is 28.0 Å². The molecule has 0 bridgehead atoms. The van der Waals surface area contributed by atoms with Crippen LogP contribution < -0.4 is 10.2 Å². The molecule has 0 radical (unpaired) electrons. The highest BCUT2D eigenvalue weighted by Gasteiger charge is 2.48. The van der Waals surface area contributed by atoms with Crippen LogP contribution in [-0.4, -0.2) is 58.9 Å². The second-order valence-electron chi connectivity index (χ2n) is 11.4. The molecule has 1 saturated heterocycles. The minimum atomic E-state index is -0.317. The summed E-state index contributed by atoms with van der Waals surface area (Å²) in [6.07, 6.45) is 12.2. The predicted molar refractivity (Wildman–Crippen MR) is 157 cm³/mol. The van der Waals surface area contributed by atoms with Gasteiger partial charge in [0.25, 0.3) is 5.91 Å². The van der Waals surface area contributed by atoms with Gasteiger partial charge in [-0.15, -0.1) is 0 Å². The Bertz CT molecular complexity index is 1860. The van der Waals surface area contributed by atoms with E-state index in [1.807, 2.05) is 31.6 Å². The number of pyridine rings is 2. The number of aryl methyl sites for hydroxylation is 1. The highest BCUT2D eigenvalue weighted by Crippen LogP contribution is 2.45. The van der Waals surface area contributed by atoms with Gasteiger partial charge in [-0.2, -0.15) is 15.5 Å². The molecule has 1 aliphatic carbocycles. The molecule has 6 heterocycles. The molecule has 12 heteroatoms. The van der Waals surface area contributed by atoms with E-state index in [0.29, 0.717) is 33.6 Å². The maximum atomic E-state index is 12.9. The van der Waals surface area contributed by atoms with Crippen molar-refractivity contribution < 1.29 is 4.79 Å². The molecule has 0 unspecified atom stereocenters. The van der Waals surface area contributed by atoms with Gasteiger partial charge >= 0.3 is 0 Å². The lowest BCUT2D eigenvalue weighted by Gasteiger charge is -2.28. The fraction of sp³-hybridized carbons (Fsp3) is 0.300. The second kappa shape index (κ2) is 9.92. The minimum absolute atomic E-state index is 0.236. The molecular weight excluding hydrogens is 552 g/mol. The Morgan fingerprint density at radius 2 is 1.93 bits per heavy atom. The van der Waals surface area contributed by atoms with Crippen LogP contribution in [-0.2, 0) is 7.05 Å². The lowest BCUT2D eigenvalue weighted by Crippen LogP contribution is -2.45. The molecule has 3 atom stereocenters. The third-order valence-electron chi connectivity index (χ3n) is 8.37. The summed E-state index contributed by atoms with van der Waals surface area (Å²) >= 11 is 6.19. The number of hydrogen-bond acceptors (Lipinski definition) is 8. The predicted octanol–water partition coefficient (Wildman–Crippen LogP) is 4.15. The first-order valence-corrected chi connectivity index (χ1v) is 14.1. The van der Waals surface area contributed by atoms with Gasteiger partial charge in [0.05, 0.1) is 46.1 Å². The summed E-state index contributed by atoms with van der Waals surface area (Å²) in [6.45, 7) is 3.79. The van der Waals surface area contributed by atoms with E-state index >= 15 is 0 Å². The number of amides is 1. The first-order valence-electron chi connectivity index (χ1n) is 13.7. The Balaban J connectivity index is 1.09. The van der Waals surface area contributed by atoms with Crippen LogP contribution in [0.3, 0.4) is 0 Å². The summed E-state index contributed by atoms with van der Waals surface area (Å²) < 4.78 is 3.45. The molecule has 2 fully saturated rings. The maximum absolute atomic E-state index is 12.9. The average Bonchev–Trinajstić information content (AvgIpc) is 3.75. The molecular formula is C30H27ClN10O. The van der Waals surface area contributed by atoms with E-state index in [9.17, 15) is 10.1 Å². The number of nitriles is 1. The van der Waals surface area contributed by atoms with E-state index in [-0.39, 0.29) is 17.1 Å². The van der Waals surface area contributed by atoms with Crippen LogP contribution in [0.2, 0.25) is 5.02 Å². The number of halogens is 1. The summed E-state index contributed by atoms with van der Waals surface area (Å²) in [4.78, 5) is 28.9. The van der Waals surface area contributed by atoms with Crippen LogP contribution >= 0.6 is 11.6 Å². The SMILES string of the molecule is Cn1ccc(-c2cc(-c3cnc(N4C[C@@H]5C[C@@](C)(NC(=O)c6ncccc6Cl)C[C@@H]5C4)cn3)c3c(C#N)cnn3c2)n1. The lowest BCUT2D eigenvalue weighted by molar-refractivity contribution is 0.0900. The molecule has 1 N–H and O–H groups in total. The van der Waals surface area contributed by atoms with Crippen LogP contribution in [0, 0.1) is 23.2 Å². The van der Waals surface area contributed by atoms with Crippen LogP contribution in [0.5, 0.6) is 0 Å². The van der Waals surface area contributed by atoms with E-state index < -0.39 is 0 Å². The number of fused-ring (bicyclic) bond motifs is 2. The fourth-order valence-electron chi connectivity index (χ4n) is 6.55. The standard InChI is InChI=1S/C30H27ClN10O/c1-30(37-29(42)27-23(31)4-3-6-33-27)9-19-15-40(16-20(19)10-30)26-14-34-25(13-35-26)22-8-18(24-5-7-39(2)38-24)17-41-28(22)21(11-32)12-36-41/h3-8,12-14,17,19-20H,9-10,15-16H2,1-2H3,(H,37,42)/t19-,20+,30+. The smallest absolute Gasteiger partial charge is 0.271 e. The summed E-state index contributed by atoms with van der Waals surface area (Å²) in [5.41, 5.74) is 4.18. The van der Waals surface area contributed by atoms with Crippen molar-refractivity contribution >= 4 is 28.8 Å². The molecule has 5 aromatic rings. The molecule has 1 amide bonds. The number of nitrogens with one attached hydrogen (secondary N) is 1. The van der Waals surface area contributed by atoms with Crippen molar-refractivity contribution in [2.45, 2.75) is 25.3 Å². The Hall–Kier alpha value is -4.82. The van der Waals surface area contributed by atoms with E-state index in [2.05, 4.69) is 38.4 Å². The molecule has 0 aromatic carbocycles. The van der Waals surface area contributed by atoms with Gasteiger partial charge < -0.3 is 10.2 Å². The third kappa shape index (κ3) is 4.54. The Morgan fingerprint density at radius 3 is 2.60 bits per heavy atom. The van der Waals surface area contributed by atoms with Crippen LogP contribution in [0.15, 0.2) is 61.4 Å². The van der Waals surface area contributed by atoms with Gasteiger partial charge in [0.1, 0.15) is 17.6 Å². The zero-order chi connectivity index (χ0) is 29.0. The van der Waals surface area contributed by atoms with Crippen LogP contribution in [0.4, 0.5) is 5.82 Å². The van der Waals surface area contributed by atoms with Crippen molar-refractivity contribution in [3.8, 4) is 28.6 Å². The normalized spacial score (nSPS) is 21.4. The zero-order valence-electron chi connectivity index (χ0n) is 23.1. The van der Waals surface area contributed by atoms with Gasteiger partial charge in [0.2, 0.25) is 0 Å².